The monoisotopic (exact) mass is 446 g/mol. The Kier molecular flexibility index (Phi) is 5.53. The Bertz CT molecular complexity index is 1180. The van der Waals surface area contributed by atoms with E-state index in [9.17, 15) is 8.78 Å². The first-order valence-corrected chi connectivity index (χ1v) is 11.3. The van der Waals surface area contributed by atoms with Crippen molar-refractivity contribution in [1.29, 1.82) is 0 Å². The van der Waals surface area contributed by atoms with E-state index < -0.39 is 0 Å². The Balaban J connectivity index is 1.54. The van der Waals surface area contributed by atoms with Crippen LogP contribution in [0.5, 0.6) is 0 Å². The third-order valence-electron chi connectivity index (χ3n) is 4.82. The van der Waals surface area contributed by atoms with Gasteiger partial charge < -0.3 is 4.74 Å². The van der Waals surface area contributed by atoms with E-state index in [1.165, 1.54) is 34.7 Å². The first kappa shape index (κ1) is 19.9. The average Bonchev–Trinajstić information content (AvgIpc) is 3.31. The molecule has 2 aliphatic heterocycles. The van der Waals surface area contributed by atoms with Crippen LogP contribution in [0.15, 0.2) is 106 Å². The molecule has 0 fully saturated rings. The average molecular weight is 447 g/mol. The number of ether oxygens (including phenoxy) is 1. The Labute approximate surface area is 187 Å². The van der Waals surface area contributed by atoms with Crippen molar-refractivity contribution in [1.82, 2.24) is 0 Å². The zero-order valence-corrected chi connectivity index (χ0v) is 17.9. The topological polar surface area (TPSA) is 9.23 Å². The number of thioether (sulfide) groups is 2. The van der Waals surface area contributed by atoms with Gasteiger partial charge in [0.2, 0.25) is 0 Å². The summed E-state index contributed by atoms with van der Waals surface area (Å²) in [6.07, 6.45) is 3.94. The maximum atomic E-state index is 13.4. The molecule has 1 nitrogen and oxygen atoms in total. The van der Waals surface area contributed by atoms with Crippen molar-refractivity contribution >= 4 is 39.9 Å². The number of halogens is 2. The van der Waals surface area contributed by atoms with Gasteiger partial charge in [0.05, 0.1) is 4.24 Å². The maximum absolute atomic E-state index is 13.4. The van der Waals surface area contributed by atoms with E-state index >= 15 is 0 Å². The normalized spacial score (nSPS) is 15.9. The molecule has 31 heavy (non-hydrogen) atoms. The second-order valence-electron chi connectivity index (χ2n) is 6.94. The van der Waals surface area contributed by atoms with Crippen molar-refractivity contribution in [3.8, 4) is 0 Å². The molecule has 0 amide bonds. The first-order valence-electron chi connectivity index (χ1n) is 9.63. The van der Waals surface area contributed by atoms with Crippen LogP contribution in [0.2, 0.25) is 0 Å². The van der Waals surface area contributed by atoms with Gasteiger partial charge in [-0.2, -0.15) is 0 Å². The second kappa shape index (κ2) is 8.61. The van der Waals surface area contributed by atoms with Crippen molar-refractivity contribution in [3.05, 3.63) is 135 Å². The van der Waals surface area contributed by atoms with Gasteiger partial charge in [0.15, 0.2) is 0 Å². The molecule has 0 spiro atoms. The number of hydrogen-bond acceptors (Lipinski definition) is 3. The molecule has 0 aliphatic carbocycles. The Morgan fingerprint density at radius 2 is 1.16 bits per heavy atom. The van der Waals surface area contributed by atoms with Gasteiger partial charge in [-0.25, -0.2) is 8.78 Å². The summed E-state index contributed by atoms with van der Waals surface area (Å²) in [5.41, 5.74) is 3.73. The maximum Gasteiger partial charge on any atom is 0.135 e. The number of benzene rings is 3. The molecule has 0 saturated heterocycles. The van der Waals surface area contributed by atoms with Crippen LogP contribution in [0.1, 0.15) is 16.7 Å². The summed E-state index contributed by atoms with van der Waals surface area (Å²) in [6.45, 7) is 0. The molecular formula is C26H16F2OS2. The van der Waals surface area contributed by atoms with E-state index in [2.05, 4.69) is 17.5 Å². The minimum atomic E-state index is -0.299. The summed E-state index contributed by atoms with van der Waals surface area (Å²) in [5, 5.41) is 2.15. The van der Waals surface area contributed by atoms with E-state index in [-0.39, 0.29) is 11.6 Å². The highest BCUT2D eigenvalue weighted by Gasteiger charge is 2.21. The molecule has 0 N–H and O–H groups in total. The van der Waals surface area contributed by atoms with Crippen molar-refractivity contribution < 1.29 is 13.5 Å². The highest BCUT2D eigenvalue weighted by molar-refractivity contribution is 8.31. The molecule has 5 heteroatoms. The third-order valence-corrected chi connectivity index (χ3v) is 7.31. The highest BCUT2D eigenvalue weighted by Crippen LogP contribution is 2.51. The van der Waals surface area contributed by atoms with E-state index in [1.54, 1.807) is 47.8 Å². The van der Waals surface area contributed by atoms with Gasteiger partial charge >= 0.3 is 0 Å². The zero-order valence-electron chi connectivity index (χ0n) is 16.2. The number of rotatable bonds is 3. The van der Waals surface area contributed by atoms with Crippen molar-refractivity contribution in [2.45, 2.75) is 0 Å². The highest BCUT2D eigenvalue weighted by atomic mass is 32.2. The molecule has 0 radical (unpaired) electrons. The van der Waals surface area contributed by atoms with Crippen LogP contribution in [0.3, 0.4) is 0 Å². The van der Waals surface area contributed by atoms with Crippen LogP contribution in [-0.2, 0) is 4.74 Å². The molecular weight excluding hydrogens is 430 g/mol. The molecule has 0 unspecified atom stereocenters. The molecule has 5 rings (SSSR count). The van der Waals surface area contributed by atoms with Gasteiger partial charge in [-0.1, -0.05) is 53.9 Å². The van der Waals surface area contributed by atoms with Crippen molar-refractivity contribution in [2.24, 2.45) is 0 Å². The Hall–Kier alpha value is -3.02. The SMILES string of the molecule is Fc1ccc(C2=CC(=C3SC=C(c4ccccc4)S3)C=C(c3ccc(F)cc3)O2)cc1. The fourth-order valence-electron chi connectivity index (χ4n) is 3.24. The van der Waals surface area contributed by atoms with Crippen LogP contribution in [-0.4, -0.2) is 0 Å². The third kappa shape index (κ3) is 4.38. The fraction of sp³-hybridized carbons (Fsp3) is 0. The zero-order chi connectivity index (χ0) is 21.2. The van der Waals surface area contributed by atoms with Crippen LogP contribution < -0.4 is 0 Å². The molecule has 3 aromatic carbocycles. The molecule has 3 aromatic rings. The summed E-state index contributed by atoms with van der Waals surface area (Å²) >= 11 is 3.38. The molecule has 2 heterocycles. The first-order chi connectivity index (χ1) is 15.2. The number of hydrogen-bond donors (Lipinski definition) is 0. The summed E-state index contributed by atoms with van der Waals surface area (Å²) in [4.78, 5) is 1.19. The minimum Gasteiger partial charge on any atom is -0.456 e. The van der Waals surface area contributed by atoms with Gasteiger partial charge in [-0.3, -0.25) is 0 Å². The molecule has 0 saturated carbocycles. The van der Waals surface area contributed by atoms with E-state index in [1.807, 2.05) is 30.4 Å². The fourth-order valence-corrected chi connectivity index (χ4v) is 5.48. The smallest absolute Gasteiger partial charge is 0.135 e. The van der Waals surface area contributed by atoms with Crippen molar-refractivity contribution in [3.63, 3.8) is 0 Å². The quantitative estimate of drug-likeness (QED) is 0.403. The van der Waals surface area contributed by atoms with Crippen LogP contribution in [0.4, 0.5) is 8.78 Å². The Morgan fingerprint density at radius 1 is 0.613 bits per heavy atom. The van der Waals surface area contributed by atoms with Gasteiger partial charge in [0.1, 0.15) is 23.2 Å². The van der Waals surface area contributed by atoms with Gasteiger partial charge in [-0.15, -0.1) is 0 Å². The lowest BCUT2D eigenvalue weighted by Crippen LogP contribution is -2.00. The second-order valence-corrected chi connectivity index (χ2v) is 9.13. The van der Waals surface area contributed by atoms with E-state index in [0.717, 1.165) is 20.9 Å². The number of allylic oxidation sites excluding steroid dienone is 3. The van der Waals surface area contributed by atoms with Gasteiger partial charge in [0.25, 0.3) is 0 Å². The predicted molar refractivity (Wildman–Crippen MR) is 126 cm³/mol. The van der Waals surface area contributed by atoms with Gasteiger partial charge in [0, 0.05) is 21.6 Å². The summed E-state index contributed by atoms with van der Waals surface area (Å²) in [5.74, 6) is 0.649. The molecule has 152 valence electrons. The minimum absolute atomic E-state index is 0.299. The van der Waals surface area contributed by atoms with Crippen LogP contribution in [0, 0.1) is 11.6 Å². The lowest BCUT2D eigenvalue weighted by Gasteiger charge is -2.20. The lowest BCUT2D eigenvalue weighted by molar-refractivity contribution is 0.466. The molecule has 0 aromatic heterocycles. The summed E-state index contributed by atoms with van der Waals surface area (Å²) < 4.78 is 34.1. The molecule has 0 atom stereocenters. The van der Waals surface area contributed by atoms with Crippen molar-refractivity contribution in [2.75, 3.05) is 0 Å². The van der Waals surface area contributed by atoms with E-state index in [4.69, 9.17) is 4.74 Å². The van der Waals surface area contributed by atoms with Gasteiger partial charge in [-0.05, 0) is 71.7 Å². The lowest BCUT2D eigenvalue weighted by atomic mass is 10.1. The van der Waals surface area contributed by atoms with Crippen LogP contribution in [0.25, 0.3) is 16.4 Å². The largest absolute Gasteiger partial charge is 0.456 e. The standard InChI is InChI=1S/C26H16F2OS2/c27-21-10-6-17(7-11-21)23-14-20(15-24(29-23)18-8-12-22(28)13-9-18)26-30-16-25(31-26)19-4-2-1-3-5-19/h1-16H. The molecule has 0 bridgehead atoms. The van der Waals surface area contributed by atoms with Crippen LogP contribution >= 0.6 is 23.5 Å². The summed E-state index contributed by atoms with van der Waals surface area (Å²) in [7, 11) is 0. The molecule has 2 aliphatic rings. The summed E-state index contributed by atoms with van der Waals surface area (Å²) in [6, 6.07) is 22.7. The predicted octanol–water partition coefficient (Wildman–Crippen LogP) is 8.07. The van der Waals surface area contributed by atoms with E-state index in [0.29, 0.717) is 11.5 Å². The Morgan fingerprint density at radius 3 is 1.71 bits per heavy atom.